The largest absolute Gasteiger partial charge is 0.456 e. The lowest BCUT2D eigenvalue weighted by molar-refractivity contribution is 0.669. The summed E-state index contributed by atoms with van der Waals surface area (Å²) in [5.74, 6) is 1.73. The molecule has 0 unspecified atom stereocenters. The Labute approximate surface area is 349 Å². The van der Waals surface area contributed by atoms with Crippen molar-refractivity contribution in [2.24, 2.45) is 0 Å². The molecular weight excluding hydrogens is 747 g/mol. The first kappa shape index (κ1) is 33.6. The molecule has 13 aromatic rings. The summed E-state index contributed by atoms with van der Waals surface area (Å²) in [6, 6.07) is 70.3. The summed E-state index contributed by atoms with van der Waals surface area (Å²) in [5, 5.41) is 9.17. The molecule has 0 radical (unpaired) electrons. The van der Waals surface area contributed by atoms with Crippen LogP contribution in [0.15, 0.2) is 205 Å². The molecule has 4 aromatic heterocycles. The Hall–Kier alpha value is -8.35. The minimum atomic E-state index is 0.552. The molecule has 0 spiro atoms. The fraction of sp³-hybridized carbons (Fsp3) is 0. The van der Waals surface area contributed by atoms with Crippen LogP contribution in [0.4, 0.5) is 0 Å². The summed E-state index contributed by atoms with van der Waals surface area (Å²) in [7, 11) is 0. The van der Waals surface area contributed by atoms with Crippen molar-refractivity contribution in [3.63, 3.8) is 0 Å². The summed E-state index contributed by atoms with van der Waals surface area (Å²) < 4.78 is 11.3. The quantitative estimate of drug-likeness (QED) is 0.175. The Morgan fingerprint density at radius 3 is 1.69 bits per heavy atom. The van der Waals surface area contributed by atoms with Crippen LogP contribution < -0.4 is 0 Å². The molecule has 0 fully saturated rings. The van der Waals surface area contributed by atoms with E-state index >= 15 is 0 Å². The first-order valence-electron chi connectivity index (χ1n) is 20.5. The van der Waals surface area contributed by atoms with Crippen LogP contribution in [0.25, 0.3) is 122 Å². The fourth-order valence-corrected chi connectivity index (χ4v) is 9.35. The molecule has 0 saturated heterocycles. The van der Waals surface area contributed by atoms with E-state index in [0.717, 1.165) is 77.5 Å². The third-order valence-corrected chi connectivity index (χ3v) is 12.1. The zero-order valence-electron chi connectivity index (χ0n) is 32.7. The highest BCUT2D eigenvalue weighted by molar-refractivity contribution is 6.15. The van der Waals surface area contributed by atoms with E-state index in [9.17, 15) is 0 Å². The number of para-hydroxylation sites is 4. The molecule has 0 bridgehead atoms. The molecule has 0 atom stereocenters. The minimum absolute atomic E-state index is 0.552. The second kappa shape index (κ2) is 13.1. The average Bonchev–Trinajstić information content (AvgIpc) is 3.97. The fourth-order valence-electron chi connectivity index (χ4n) is 9.35. The maximum Gasteiger partial charge on any atom is 0.166 e. The topological polar surface area (TPSA) is 61.7 Å². The van der Waals surface area contributed by atoms with Crippen LogP contribution in [-0.2, 0) is 0 Å². The standard InChI is InChI=1S/C55H33N5O/c1-3-15-34(16-4-1)53-56-54(37-27-28-41-39-21-9-12-24-46(39)59(48(41)31-37)38-19-5-2-6-20-38)58-55(57-53)45-33-52-44(42-23-11-14-26-51(42)61-52)32-50(45)60-47-25-13-10-22-40(47)43-29-35-17-7-8-18-36(35)30-49(43)60/h1-33H. The highest BCUT2D eigenvalue weighted by atomic mass is 16.3. The van der Waals surface area contributed by atoms with Gasteiger partial charge in [0, 0.05) is 54.7 Å². The van der Waals surface area contributed by atoms with Gasteiger partial charge in [0.25, 0.3) is 0 Å². The van der Waals surface area contributed by atoms with Crippen molar-refractivity contribution in [3.05, 3.63) is 200 Å². The predicted octanol–water partition coefficient (Wildman–Crippen LogP) is 14.1. The molecule has 6 nitrogen and oxygen atoms in total. The molecule has 0 aliphatic rings. The van der Waals surface area contributed by atoms with Gasteiger partial charge in [-0.05, 0) is 71.4 Å². The Bertz CT molecular complexity index is 3880. The van der Waals surface area contributed by atoms with E-state index in [1.54, 1.807) is 0 Å². The Balaban J connectivity index is 1.12. The third-order valence-electron chi connectivity index (χ3n) is 12.1. The SMILES string of the molecule is c1ccc(-c2nc(-c3ccc4c5ccccc5n(-c5ccccc5)c4c3)nc(-c3cc4oc5ccccc5c4cc3-n3c4ccccc4c4cc5ccccc5cc43)n2)cc1. The lowest BCUT2D eigenvalue weighted by atomic mass is 10.0. The summed E-state index contributed by atoms with van der Waals surface area (Å²) >= 11 is 0. The van der Waals surface area contributed by atoms with Crippen molar-refractivity contribution in [1.82, 2.24) is 24.1 Å². The van der Waals surface area contributed by atoms with E-state index in [2.05, 4.69) is 179 Å². The van der Waals surface area contributed by atoms with Crippen molar-refractivity contribution in [1.29, 1.82) is 0 Å². The number of hydrogen-bond donors (Lipinski definition) is 0. The van der Waals surface area contributed by atoms with Crippen LogP contribution in [0, 0.1) is 0 Å². The summed E-state index contributed by atoms with van der Waals surface area (Å²) in [5.41, 5.74) is 10.7. The van der Waals surface area contributed by atoms with E-state index in [-0.39, 0.29) is 0 Å². The van der Waals surface area contributed by atoms with Crippen LogP contribution in [0.1, 0.15) is 0 Å². The van der Waals surface area contributed by atoms with Crippen LogP contribution in [0.2, 0.25) is 0 Å². The van der Waals surface area contributed by atoms with Gasteiger partial charge >= 0.3 is 0 Å². The normalized spacial score (nSPS) is 11.9. The van der Waals surface area contributed by atoms with E-state index in [4.69, 9.17) is 19.4 Å². The molecule has 4 heterocycles. The first-order chi connectivity index (χ1) is 30.2. The number of benzene rings is 9. The summed E-state index contributed by atoms with van der Waals surface area (Å²) in [6.07, 6.45) is 0. The van der Waals surface area contributed by atoms with Crippen LogP contribution in [-0.4, -0.2) is 24.1 Å². The van der Waals surface area contributed by atoms with Crippen molar-refractivity contribution in [2.45, 2.75) is 0 Å². The van der Waals surface area contributed by atoms with Gasteiger partial charge in [0.15, 0.2) is 17.5 Å². The van der Waals surface area contributed by atoms with E-state index in [0.29, 0.717) is 17.5 Å². The molecule has 61 heavy (non-hydrogen) atoms. The maximum atomic E-state index is 6.60. The highest BCUT2D eigenvalue weighted by Gasteiger charge is 2.23. The molecule has 284 valence electrons. The van der Waals surface area contributed by atoms with Crippen molar-refractivity contribution in [3.8, 4) is 45.5 Å². The minimum Gasteiger partial charge on any atom is -0.456 e. The number of hydrogen-bond acceptors (Lipinski definition) is 4. The first-order valence-corrected chi connectivity index (χ1v) is 20.5. The number of fused-ring (bicyclic) bond motifs is 10. The molecule has 13 rings (SSSR count). The smallest absolute Gasteiger partial charge is 0.166 e. The number of rotatable bonds is 5. The molecule has 0 amide bonds. The van der Waals surface area contributed by atoms with Crippen LogP contribution >= 0.6 is 0 Å². The molecule has 6 heteroatoms. The van der Waals surface area contributed by atoms with Crippen LogP contribution in [0.3, 0.4) is 0 Å². The average molecular weight is 780 g/mol. The van der Waals surface area contributed by atoms with E-state index in [1.807, 2.05) is 30.3 Å². The molecule has 9 aromatic carbocycles. The van der Waals surface area contributed by atoms with E-state index < -0.39 is 0 Å². The lowest BCUT2D eigenvalue weighted by Crippen LogP contribution is -2.04. The van der Waals surface area contributed by atoms with Gasteiger partial charge in [0.05, 0.1) is 27.8 Å². The van der Waals surface area contributed by atoms with Crippen LogP contribution in [0.5, 0.6) is 0 Å². The van der Waals surface area contributed by atoms with Crippen molar-refractivity contribution < 1.29 is 4.42 Å². The Morgan fingerprint density at radius 1 is 0.328 bits per heavy atom. The second-order valence-corrected chi connectivity index (χ2v) is 15.6. The zero-order valence-corrected chi connectivity index (χ0v) is 32.7. The Morgan fingerprint density at radius 2 is 0.902 bits per heavy atom. The monoisotopic (exact) mass is 779 g/mol. The molecule has 0 aliphatic carbocycles. The Kier molecular flexibility index (Phi) is 7.21. The van der Waals surface area contributed by atoms with Gasteiger partial charge in [-0.15, -0.1) is 0 Å². The van der Waals surface area contributed by atoms with Gasteiger partial charge in [0.2, 0.25) is 0 Å². The van der Waals surface area contributed by atoms with Gasteiger partial charge in [-0.1, -0.05) is 140 Å². The predicted molar refractivity (Wildman–Crippen MR) is 250 cm³/mol. The third kappa shape index (κ3) is 5.19. The number of aromatic nitrogens is 5. The summed E-state index contributed by atoms with van der Waals surface area (Å²) in [4.78, 5) is 16.0. The van der Waals surface area contributed by atoms with Crippen molar-refractivity contribution >= 4 is 76.3 Å². The molecule has 0 saturated carbocycles. The van der Waals surface area contributed by atoms with Gasteiger partial charge in [-0.3, -0.25) is 0 Å². The second-order valence-electron chi connectivity index (χ2n) is 15.6. The van der Waals surface area contributed by atoms with Gasteiger partial charge in [0.1, 0.15) is 11.2 Å². The molecular formula is C55H33N5O. The van der Waals surface area contributed by atoms with Gasteiger partial charge in [-0.25, -0.2) is 15.0 Å². The highest BCUT2D eigenvalue weighted by Crippen LogP contribution is 2.42. The van der Waals surface area contributed by atoms with Gasteiger partial charge < -0.3 is 13.6 Å². The van der Waals surface area contributed by atoms with Crippen molar-refractivity contribution in [2.75, 3.05) is 0 Å². The molecule has 0 aliphatic heterocycles. The molecule has 0 N–H and O–H groups in total. The number of furan rings is 1. The summed E-state index contributed by atoms with van der Waals surface area (Å²) in [6.45, 7) is 0. The van der Waals surface area contributed by atoms with E-state index in [1.165, 1.54) is 26.9 Å². The number of nitrogens with zero attached hydrogens (tertiary/aromatic N) is 5. The zero-order chi connectivity index (χ0) is 40.0. The maximum absolute atomic E-state index is 6.60. The lowest BCUT2D eigenvalue weighted by Gasteiger charge is -2.15. The van der Waals surface area contributed by atoms with Gasteiger partial charge in [-0.2, -0.15) is 0 Å².